The number of ether oxygens (including phenoxy) is 1. The Bertz CT molecular complexity index is 1010. The Morgan fingerprint density at radius 2 is 2.14 bits per heavy atom. The van der Waals surface area contributed by atoms with E-state index in [2.05, 4.69) is 15.3 Å². The van der Waals surface area contributed by atoms with E-state index < -0.39 is 0 Å². The monoisotopic (exact) mass is 395 g/mol. The molecule has 1 atom stereocenters. The van der Waals surface area contributed by atoms with Gasteiger partial charge in [-0.05, 0) is 19.1 Å². The highest BCUT2D eigenvalue weighted by Gasteiger charge is 2.31. The average Bonchev–Trinajstić information content (AvgIpc) is 3.32. The number of para-hydroxylation sites is 1. The van der Waals surface area contributed by atoms with Gasteiger partial charge in [0.05, 0.1) is 24.8 Å². The number of hydrogen-bond donors (Lipinski definition) is 2. The second-order valence-corrected chi connectivity index (χ2v) is 7.25. The van der Waals surface area contributed by atoms with E-state index in [0.29, 0.717) is 37.6 Å². The lowest BCUT2D eigenvalue weighted by atomic mass is 10.2. The summed E-state index contributed by atoms with van der Waals surface area (Å²) in [5.41, 5.74) is 2.24. The molecule has 4 rings (SSSR count). The number of rotatable bonds is 6. The molecule has 1 aliphatic rings. The molecule has 0 spiro atoms. The van der Waals surface area contributed by atoms with E-state index in [1.807, 2.05) is 52.9 Å². The van der Waals surface area contributed by atoms with Crippen molar-refractivity contribution >= 4 is 22.7 Å². The normalized spacial score (nSPS) is 16.1. The first kappa shape index (κ1) is 19.2. The second-order valence-electron chi connectivity index (χ2n) is 7.25. The lowest BCUT2D eigenvalue weighted by Gasteiger charge is -2.33. The Hall–Kier alpha value is -3.13. The molecule has 29 heavy (non-hydrogen) atoms. The van der Waals surface area contributed by atoms with Gasteiger partial charge in [-0.3, -0.25) is 9.59 Å². The Kier molecular flexibility index (Phi) is 5.35. The Balaban J connectivity index is 1.48. The molecule has 0 fully saturated rings. The minimum atomic E-state index is -0.173. The van der Waals surface area contributed by atoms with Crippen molar-refractivity contribution in [2.24, 2.45) is 0 Å². The number of aromatic amines is 1. The Morgan fingerprint density at radius 1 is 1.31 bits per heavy atom. The number of nitrogens with one attached hydrogen (secondary N) is 2. The van der Waals surface area contributed by atoms with Gasteiger partial charge in [0.15, 0.2) is 0 Å². The molecule has 0 saturated carbocycles. The predicted molar refractivity (Wildman–Crippen MR) is 109 cm³/mol. The highest BCUT2D eigenvalue weighted by Crippen LogP contribution is 2.27. The number of imidazole rings is 1. The van der Waals surface area contributed by atoms with E-state index in [9.17, 15) is 9.59 Å². The van der Waals surface area contributed by atoms with Crippen LogP contribution in [0.4, 0.5) is 0 Å². The Labute approximate surface area is 168 Å². The van der Waals surface area contributed by atoms with Crippen molar-refractivity contribution in [1.29, 1.82) is 0 Å². The first-order valence-electron chi connectivity index (χ1n) is 9.77. The van der Waals surface area contributed by atoms with Gasteiger partial charge in [-0.15, -0.1) is 0 Å². The van der Waals surface area contributed by atoms with Crippen molar-refractivity contribution in [2.45, 2.75) is 25.9 Å². The summed E-state index contributed by atoms with van der Waals surface area (Å²) in [5.74, 6) is 0.679. The van der Waals surface area contributed by atoms with Crippen LogP contribution in [-0.2, 0) is 22.5 Å². The van der Waals surface area contributed by atoms with Gasteiger partial charge in [-0.1, -0.05) is 18.2 Å². The molecule has 8 nitrogen and oxygen atoms in total. The van der Waals surface area contributed by atoms with Crippen molar-refractivity contribution in [3.63, 3.8) is 0 Å². The summed E-state index contributed by atoms with van der Waals surface area (Å²) in [7, 11) is 1.60. The van der Waals surface area contributed by atoms with Crippen molar-refractivity contribution in [1.82, 2.24) is 24.8 Å². The maximum atomic E-state index is 13.1. The molecule has 152 valence electrons. The fraction of sp³-hybridized carbons (Fsp3) is 0.381. The van der Waals surface area contributed by atoms with Crippen molar-refractivity contribution in [3.8, 4) is 0 Å². The van der Waals surface area contributed by atoms with Gasteiger partial charge < -0.3 is 24.5 Å². The first-order valence-corrected chi connectivity index (χ1v) is 9.77. The van der Waals surface area contributed by atoms with Crippen LogP contribution in [0.15, 0.2) is 36.5 Å². The Morgan fingerprint density at radius 3 is 2.93 bits per heavy atom. The number of H-pyrrole nitrogens is 1. The lowest BCUT2D eigenvalue weighted by Crippen LogP contribution is -2.41. The summed E-state index contributed by atoms with van der Waals surface area (Å²) < 4.78 is 6.98. The molecule has 0 aliphatic carbocycles. The summed E-state index contributed by atoms with van der Waals surface area (Å²) in [6.07, 6.45) is 2.12. The zero-order valence-electron chi connectivity index (χ0n) is 16.6. The van der Waals surface area contributed by atoms with Gasteiger partial charge in [0.2, 0.25) is 5.91 Å². The molecule has 1 aliphatic heterocycles. The molecule has 0 saturated heterocycles. The molecule has 8 heteroatoms. The highest BCUT2D eigenvalue weighted by molar-refractivity contribution is 5.98. The van der Waals surface area contributed by atoms with E-state index in [4.69, 9.17) is 4.74 Å². The van der Waals surface area contributed by atoms with Crippen LogP contribution in [0.3, 0.4) is 0 Å². The van der Waals surface area contributed by atoms with Crippen LogP contribution >= 0.6 is 0 Å². The summed E-state index contributed by atoms with van der Waals surface area (Å²) >= 11 is 0. The fourth-order valence-electron chi connectivity index (χ4n) is 3.77. The van der Waals surface area contributed by atoms with E-state index in [1.54, 1.807) is 7.11 Å². The molecule has 2 aromatic heterocycles. The van der Waals surface area contributed by atoms with Crippen molar-refractivity contribution in [2.75, 3.05) is 26.8 Å². The van der Waals surface area contributed by atoms with Gasteiger partial charge in [-0.2, -0.15) is 0 Å². The van der Waals surface area contributed by atoms with Crippen LogP contribution in [0.2, 0.25) is 0 Å². The van der Waals surface area contributed by atoms with Crippen LogP contribution in [0.1, 0.15) is 35.0 Å². The zero-order valence-corrected chi connectivity index (χ0v) is 16.6. The van der Waals surface area contributed by atoms with E-state index in [-0.39, 0.29) is 24.3 Å². The summed E-state index contributed by atoms with van der Waals surface area (Å²) in [5, 5.41) is 3.82. The number of carbonyl (C=O) groups is 2. The van der Waals surface area contributed by atoms with Gasteiger partial charge in [0.25, 0.3) is 5.91 Å². The number of methoxy groups -OCH3 is 1. The van der Waals surface area contributed by atoms with Gasteiger partial charge in [-0.25, -0.2) is 4.98 Å². The van der Waals surface area contributed by atoms with E-state index >= 15 is 0 Å². The maximum Gasteiger partial charge on any atom is 0.270 e. The summed E-state index contributed by atoms with van der Waals surface area (Å²) in [6, 6.07) is 9.56. The summed E-state index contributed by atoms with van der Waals surface area (Å²) in [4.78, 5) is 34.8. The van der Waals surface area contributed by atoms with E-state index in [0.717, 1.165) is 16.7 Å². The van der Waals surface area contributed by atoms with Crippen molar-refractivity contribution in [3.05, 3.63) is 53.7 Å². The minimum absolute atomic E-state index is 0.0400. The van der Waals surface area contributed by atoms with Crippen LogP contribution < -0.4 is 5.32 Å². The molecule has 0 bridgehead atoms. The number of benzene rings is 1. The van der Waals surface area contributed by atoms with Crippen LogP contribution in [0.25, 0.3) is 10.9 Å². The first-order chi connectivity index (χ1) is 14.1. The third-order valence-electron chi connectivity index (χ3n) is 5.27. The number of carbonyl (C=O) groups excluding carboxylic acids is 2. The third-order valence-corrected chi connectivity index (χ3v) is 5.27. The molecule has 2 amide bonds. The lowest BCUT2D eigenvalue weighted by molar-refractivity contribution is -0.120. The van der Waals surface area contributed by atoms with Gasteiger partial charge >= 0.3 is 0 Å². The number of hydrogen-bond acceptors (Lipinski definition) is 4. The molecule has 0 radical (unpaired) electrons. The van der Waals surface area contributed by atoms with Crippen LogP contribution in [0, 0.1) is 0 Å². The second kappa shape index (κ2) is 8.08. The largest absolute Gasteiger partial charge is 0.383 e. The number of amides is 2. The quantitative estimate of drug-likeness (QED) is 0.624. The van der Waals surface area contributed by atoms with E-state index in [1.165, 1.54) is 0 Å². The van der Waals surface area contributed by atoms with Gasteiger partial charge in [0.1, 0.15) is 11.5 Å². The molecular formula is C21H25N5O3. The molecule has 3 heterocycles. The molecule has 2 N–H and O–H groups in total. The summed E-state index contributed by atoms with van der Waals surface area (Å²) in [6.45, 7) is 4.18. The van der Waals surface area contributed by atoms with Crippen LogP contribution in [0.5, 0.6) is 0 Å². The molecule has 1 aromatic carbocycles. The molecule has 3 aromatic rings. The number of fused-ring (bicyclic) bond motifs is 2. The smallest absolute Gasteiger partial charge is 0.270 e. The average molecular weight is 395 g/mol. The minimum Gasteiger partial charge on any atom is -0.383 e. The maximum absolute atomic E-state index is 13.1. The topological polar surface area (TPSA) is 92.2 Å². The number of nitrogens with zero attached hydrogens (tertiary/aromatic N) is 3. The fourth-order valence-corrected chi connectivity index (χ4v) is 3.77. The molecule has 0 unspecified atom stereocenters. The standard InChI is InChI=1S/C21H25N5O3/c1-14-20-23-16(12-19(27)22-7-10-29-2)13-25(20)8-9-26(14)21(28)18-11-15-5-3-4-6-17(15)24-18/h3-6,11,13-14,24H,7-10,12H2,1-2H3,(H,22,27)/t14-/m1/s1. The third kappa shape index (κ3) is 3.88. The SMILES string of the molecule is COCCNC(=O)Cc1cn2c(n1)[C@@H](C)N(C(=O)c1cc3ccccc3[nH]1)CC2. The van der Waals surface area contributed by atoms with Gasteiger partial charge in [0, 0.05) is 43.8 Å². The molecular weight excluding hydrogens is 370 g/mol. The number of aromatic nitrogens is 3. The van der Waals surface area contributed by atoms with Crippen LogP contribution in [-0.4, -0.2) is 58.1 Å². The van der Waals surface area contributed by atoms with Crippen molar-refractivity contribution < 1.29 is 14.3 Å². The zero-order chi connectivity index (χ0) is 20.4. The predicted octanol–water partition coefficient (Wildman–Crippen LogP) is 1.89. The highest BCUT2D eigenvalue weighted by atomic mass is 16.5.